The average Bonchev–Trinajstić information content (AvgIpc) is 3.49. The normalized spacial score (nSPS) is 19.2. The van der Waals surface area contributed by atoms with Crippen molar-refractivity contribution in [2.75, 3.05) is 10.7 Å². The molecule has 0 bridgehead atoms. The largest absolute Gasteiger partial charge is 0.309 e. The number of aromatic nitrogens is 4. The summed E-state index contributed by atoms with van der Waals surface area (Å²) in [6, 6.07) is 15.9. The predicted octanol–water partition coefficient (Wildman–Crippen LogP) is 3.91. The van der Waals surface area contributed by atoms with Gasteiger partial charge >= 0.3 is 0 Å². The second kappa shape index (κ2) is 7.59. The zero-order valence-electron chi connectivity index (χ0n) is 18.4. The van der Waals surface area contributed by atoms with Crippen LogP contribution in [0, 0.1) is 6.92 Å². The van der Waals surface area contributed by atoms with Gasteiger partial charge in [-0.15, -0.1) is 0 Å². The quantitative estimate of drug-likeness (QED) is 0.436. The van der Waals surface area contributed by atoms with Crippen LogP contribution in [0.2, 0.25) is 0 Å². The van der Waals surface area contributed by atoms with Crippen molar-refractivity contribution in [3.05, 3.63) is 76.2 Å². The number of benzene rings is 2. The Labute approximate surface area is 195 Å². The number of carbonyl (C=O) groups is 1. The van der Waals surface area contributed by atoms with Gasteiger partial charge in [0.1, 0.15) is 5.39 Å². The molecule has 166 valence electrons. The standard InChI is InChI=1S/C25H23N5O2S/c1-15-7-9-18(10-8-15)30-23-20(13-26-30)24(32)29-19(14-33-25(29)27-23)12-22(31)28-16(2)11-17-5-3-4-6-21(17)28/h3-10,13,16,19H,11-12,14H2,1-2H3. The molecule has 2 aliphatic heterocycles. The second-order valence-corrected chi connectivity index (χ2v) is 9.80. The number of carbonyl (C=O) groups excluding carboxylic acids is 1. The Balaban J connectivity index is 1.34. The lowest BCUT2D eigenvalue weighted by Crippen LogP contribution is -2.38. The summed E-state index contributed by atoms with van der Waals surface area (Å²) in [6.07, 6.45) is 2.72. The predicted molar refractivity (Wildman–Crippen MR) is 129 cm³/mol. The van der Waals surface area contributed by atoms with Gasteiger partial charge in [0.15, 0.2) is 10.8 Å². The van der Waals surface area contributed by atoms with Crippen molar-refractivity contribution in [3.8, 4) is 5.69 Å². The third-order valence-electron chi connectivity index (χ3n) is 6.54. The molecule has 0 radical (unpaired) electrons. The molecule has 2 unspecified atom stereocenters. The van der Waals surface area contributed by atoms with Crippen molar-refractivity contribution in [1.82, 2.24) is 19.3 Å². The van der Waals surface area contributed by atoms with E-state index in [-0.39, 0.29) is 30.0 Å². The number of para-hydroxylation sites is 1. The Bertz CT molecular complexity index is 1460. The summed E-state index contributed by atoms with van der Waals surface area (Å²) < 4.78 is 3.40. The fourth-order valence-electron chi connectivity index (χ4n) is 4.90. The first-order valence-corrected chi connectivity index (χ1v) is 12.1. The SMILES string of the molecule is Cc1ccc(-n2ncc3c(=O)n4c(nc32)SCC4CC(=O)N2c3ccccc3CC2C)cc1. The Kier molecular flexibility index (Phi) is 4.65. The van der Waals surface area contributed by atoms with Gasteiger partial charge in [0, 0.05) is 23.9 Å². The highest BCUT2D eigenvalue weighted by molar-refractivity contribution is 7.99. The monoisotopic (exact) mass is 457 g/mol. The van der Waals surface area contributed by atoms with E-state index in [1.165, 1.54) is 17.3 Å². The molecule has 6 rings (SSSR count). The Morgan fingerprint density at radius 3 is 2.76 bits per heavy atom. The number of fused-ring (bicyclic) bond motifs is 3. The first kappa shape index (κ1) is 20.2. The molecule has 2 aliphatic rings. The second-order valence-electron chi connectivity index (χ2n) is 8.81. The number of hydrogen-bond acceptors (Lipinski definition) is 5. The minimum Gasteiger partial charge on any atom is -0.309 e. The summed E-state index contributed by atoms with van der Waals surface area (Å²) in [5.74, 6) is 0.704. The van der Waals surface area contributed by atoms with Crippen LogP contribution in [-0.4, -0.2) is 37.0 Å². The average molecular weight is 458 g/mol. The number of nitrogens with zero attached hydrogens (tertiary/aromatic N) is 5. The fraction of sp³-hybridized carbons (Fsp3) is 0.280. The molecular formula is C25H23N5O2S. The van der Waals surface area contributed by atoms with Crippen LogP contribution in [0.5, 0.6) is 0 Å². The molecule has 1 amide bonds. The minimum absolute atomic E-state index is 0.0493. The van der Waals surface area contributed by atoms with E-state index in [0.29, 0.717) is 21.9 Å². The van der Waals surface area contributed by atoms with Crippen molar-refractivity contribution < 1.29 is 4.79 Å². The van der Waals surface area contributed by atoms with Crippen molar-refractivity contribution >= 4 is 34.4 Å². The van der Waals surface area contributed by atoms with Gasteiger partial charge < -0.3 is 4.90 Å². The summed E-state index contributed by atoms with van der Waals surface area (Å²) in [5.41, 5.74) is 4.62. The maximum Gasteiger partial charge on any atom is 0.265 e. The molecule has 4 aromatic rings. The molecule has 0 N–H and O–H groups in total. The van der Waals surface area contributed by atoms with Gasteiger partial charge in [-0.25, -0.2) is 9.67 Å². The summed E-state index contributed by atoms with van der Waals surface area (Å²) in [4.78, 5) is 33.4. The Hall–Kier alpha value is -3.39. The molecule has 2 atom stereocenters. The fourth-order valence-corrected chi connectivity index (χ4v) is 6.03. The van der Waals surface area contributed by atoms with Crippen LogP contribution < -0.4 is 10.5 Å². The number of aryl methyl sites for hydroxylation is 1. The Morgan fingerprint density at radius 1 is 1.15 bits per heavy atom. The molecule has 0 saturated heterocycles. The highest BCUT2D eigenvalue weighted by Crippen LogP contribution is 2.37. The summed E-state index contributed by atoms with van der Waals surface area (Å²) in [7, 11) is 0. The van der Waals surface area contributed by atoms with Crippen molar-refractivity contribution in [1.29, 1.82) is 0 Å². The lowest BCUT2D eigenvalue weighted by molar-refractivity contribution is -0.119. The van der Waals surface area contributed by atoms with E-state index >= 15 is 0 Å². The topological polar surface area (TPSA) is 73.0 Å². The van der Waals surface area contributed by atoms with Crippen LogP contribution in [-0.2, 0) is 11.2 Å². The first-order chi connectivity index (χ1) is 16.0. The third kappa shape index (κ3) is 3.20. The first-order valence-electron chi connectivity index (χ1n) is 11.1. The number of thioether (sulfide) groups is 1. The van der Waals surface area contributed by atoms with Gasteiger partial charge in [0.25, 0.3) is 5.56 Å². The molecule has 2 aromatic heterocycles. The molecule has 7 nitrogen and oxygen atoms in total. The lowest BCUT2D eigenvalue weighted by atomic mass is 10.1. The van der Waals surface area contributed by atoms with Gasteiger partial charge in [0.05, 0.1) is 17.9 Å². The zero-order valence-corrected chi connectivity index (χ0v) is 19.2. The summed E-state index contributed by atoms with van der Waals surface area (Å²) >= 11 is 1.53. The van der Waals surface area contributed by atoms with E-state index < -0.39 is 0 Å². The van der Waals surface area contributed by atoms with E-state index in [1.54, 1.807) is 15.4 Å². The van der Waals surface area contributed by atoms with Crippen LogP contribution in [0.3, 0.4) is 0 Å². The van der Waals surface area contributed by atoms with Crippen LogP contribution in [0.4, 0.5) is 5.69 Å². The molecule has 0 fully saturated rings. The molecule has 33 heavy (non-hydrogen) atoms. The van der Waals surface area contributed by atoms with Gasteiger partial charge in [-0.2, -0.15) is 5.10 Å². The highest BCUT2D eigenvalue weighted by Gasteiger charge is 2.35. The lowest BCUT2D eigenvalue weighted by Gasteiger charge is -2.24. The molecular weight excluding hydrogens is 434 g/mol. The van der Waals surface area contributed by atoms with Crippen molar-refractivity contribution in [2.24, 2.45) is 0 Å². The molecule has 0 saturated carbocycles. The number of amides is 1. The number of anilines is 1. The molecule has 4 heterocycles. The molecule has 0 aliphatic carbocycles. The third-order valence-corrected chi connectivity index (χ3v) is 7.63. The van der Waals surface area contributed by atoms with Gasteiger partial charge in [0.2, 0.25) is 5.91 Å². The van der Waals surface area contributed by atoms with Gasteiger partial charge in [-0.05, 0) is 44.0 Å². The van der Waals surface area contributed by atoms with Gasteiger partial charge in [-0.3, -0.25) is 14.2 Å². The summed E-state index contributed by atoms with van der Waals surface area (Å²) in [6.45, 7) is 4.11. The van der Waals surface area contributed by atoms with Crippen LogP contribution in [0.25, 0.3) is 16.7 Å². The van der Waals surface area contributed by atoms with Gasteiger partial charge in [-0.1, -0.05) is 47.7 Å². The zero-order chi connectivity index (χ0) is 22.7. The van der Waals surface area contributed by atoms with E-state index in [0.717, 1.165) is 23.4 Å². The number of hydrogen-bond donors (Lipinski definition) is 0. The van der Waals surface area contributed by atoms with Crippen LogP contribution in [0.1, 0.15) is 30.5 Å². The van der Waals surface area contributed by atoms with Crippen LogP contribution >= 0.6 is 11.8 Å². The van der Waals surface area contributed by atoms with E-state index in [2.05, 4.69) is 18.1 Å². The number of rotatable bonds is 3. The molecule has 0 spiro atoms. The van der Waals surface area contributed by atoms with E-state index in [1.807, 2.05) is 54.3 Å². The van der Waals surface area contributed by atoms with E-state index in [4.69, 9.17) is 4.98 Å². The maximum atomic E-state index is 13.4. The van der Waals surface area contributed by atoms with E-state index in [9.17, 15) is 9.59 Å². The van der Waals surface area contributed by atoms with Crippen LogP contribution in [0.15, 0.2) is 64.7 Å². The van der Waals surface area contributed by atoms with Crippen molar-refractivity contribution in [2.45, 2.75) is 43.9 Å². The minimum atomic E-state index is -0.218. The summed E-state index contributed by atoms with van der Waals surface area (Å²) in [5, 5.41) is 5.56. The molecule has 8 heteroatoms. The molecule has 2 aromatic carbocycles. The smallest absolute Gasteiger partial charge is 0.265 e. The Morgan fingerprint density at radius 2 is 1.94 bits per heavy atom. The maximum absolute atomic E-state index is 13.4. The highest BCUT2D eigenvalue weighted by atomic mass is 32.2. The van der Waals surface area contributed by atoms with Crippen molar-refractivity contribution in [3.63, 3.8) is 0 Å².